The number of rotatable bonds is 8. The maximum atomic E-state index is 12.4. The maximum Gasteiger partial charge on any atom is 0.316 e. The monoisotopic (exact) mass is 371 g/mol. The average molecular weight is 371 g/mol. The van der Waals surface area contributed by atoms with Gasteiger partial charge in [0.05, 0.1) is 19.6 Å². The Kier molecular flexibility index (Phi) is 6.82. The molecular formula is C21H25NO5. The van der Waals surface area contributed by atoms with E-state index in [1.54, 1.807) is 40.2 Å². The summed E-state index contributed by atoms with van der Waals surface area (Å²) in [5.74, 6) is 0.377. The van der Waals surface area contributed by atoms with Crippen LogP contribution in [-0.4, -0.2) is 32.7 Å². The first-order chi connectivity index (χ1) is 12.9. The summed E-state index contributed by atoms with van der Waals surface area (Å²) in [6, 6.07) is 14.7. The van der Waals surface area contributed by atoms with E-state index in [2.05, 4.69) is 5.32 Å². The second-order valence-electron chi connectivity index (χ2n) is 6.53. The minimum atomic E-state index is -0.828. The summed E-state index contributed by atoms with van der Waals surface area (Å²) < 4.78 is 15.6. The summed E-state index contributed by atoms with van der Waals surface area (Å²) in [4.78, 5) is 24.4. The molecule has 0 aliphatic rings. The van der Waals surface area contributed by atoms with Crippen LogP contribution < -0.4 is 14.8 Å². The number of carbonyl (C=O) groups excluding carboxylic acids is 2. The first-order valence-corrected chi connectivity index (χ1v) is 8.59. The van der Waals surface area contributed by atoms with Crippen molar-refractivity contribution in [1.29, 1.82) is 0 Å². The van der Waals surface area contributed by atoms with Crippen LogP contribution in [-0.2, 0) is 26.3 Å². The zero-order chi connectivity index (χ0) is 19.9. The molecule has 0 unspecified atom stereocenters. The van der Waals surface area contributed by atoms with E-state index >= 15 is 0 Å². The molecule has 6 nitrogen and oxygen atoms in total. The van der Waals surface area contributed by atoms with Crippen molar-refractivity contribution in [1.82, 2.24) is 5.32 Å². The minimum absolute atomic E-state index is 0.290. The third-order valence-electron chi connectivity index (χ3n) is 4.28. The highest BCUT2D eigenvalue weighted by Crippen LogP contribution is 2.27. The Bertz CT molecular complexity index is 786. The number of benzene rings is 2. The van der Waals surface area contributed by atoms with Gasteiger partial charge in [0.15, 0.2) is 18.1 Å². The summed E-state index contributed by atoms with van der Waals surface area (Å²) in [6.45, 7) is 3.50. The number of esters is 1. The maximum absolute atomic E-state index is 12.4. The topological polar surface area (TPSA) is 73.9 Å². The lowest BCUT2D eigenvalue weighted by Crippen LogP contribution is -2.35. The molecular weight excluding hydrogens is 346 g/mol. The fourth-order valence-electron chi connectivity index (χ4n) is 2.53. The van der Waals surface area contributed by atoms with Crippen LogP contribution in [0.25, 0.3) is 0 Å². The van der Waals surface area contributed by atoms with Crippen LogP contribution in [0.5, 0.6) is 11.5 Å². The lowest BCUT2D eigenvalue weighted by atomic mass is 9.85. The molecule has 6 heteroatoms. The Morgan fingerprint density at radius 3 is 2.26 bits per heavy atom. The van der Waals surface area contributed by atoms with Crippen molar-refractivity contribution in [2.75, 3.05) is 20.8 Å². The number of hydrogen-bond donors (Lipinski definition) is 1. The molecule has 0 aliphatic heterocycles. The summed E-state index contributed by atoms with van der Waals surface area (Å²) in [7, 11) is 3.11. The molecule has 0 aromatic heterocycles. The fourth-order valence-corrected chi connectivity index (χ4v) is 2.53. The normalized spacial score (nSPS) is 10.8. The molecule has 1 amide bonds. The lowest BCUT2D eigenvalue weighted by Gasteiger charge is -2.22. The number of carbonyl (C=O) groups is 2. The lowest BCUT2D eigenvalue weighted by molar-refractivity contribution is -0.153. The van der Waals surface area contributed by atoms with Crippen LogP contribution in [0.2, 0.25) is 0 Å². The van der Waals surface area contributed by atoms with Gasteiger partial charge in [-0.15, -0.1) is 0 Å². The number of methoxy groups -OCH3 is 2. The summed E-state index contributed by atoms with van der Waals surface area (Å²) in [6.07, 6.45) is 0. The van der Waals surface area contributed by atoms with Gasteiger partial charge in [-0.05, 0) is 37.1 Å². The van der Waals surface area contributed by atoms with Crippen LogP contribution in [0, 0.1) is 0 Å². The molecule has 1 N–H and O–H groups in total. The molecule has 2 aromatic rings. The molecule has 0 radical (unpaired) electrons. The van der Waals surface area contributed by atoms with E-state index in [0.29, 0.717) is 18.0 Å². The Hall–Kier alpha value is -3.02. The molecule has 2 aromatic carbocycles. The fraction of sp³-hybridized carbons (Fsp3) is 0.333. The van der Waals surface area contributed by atoms with Gasteiger partial charge < -0.3 is 19.5 Å². The molecule has 0 bridgehead atoms. The van der Waals surface area contributed by atoms with E-state index in [0.717, 1.165) is 11.1 Å². The highest BCUT2D eigenvalue weighted by atomic mass is 16.5. The molecule has 0 aliphatic carbocycles. The van der Waals surface area contributed by atoms with Gasteiger partial charge in [0, 0.05) is 6.54 Å². The molecule has 0 saturated carbocycles. The standard InChI is InChI=1S/C21H25NO5/c1-21(2,16-8-6-5-7-9-16)20(24)27-14-19(23)22-13-15-10-11-17(25-3)18(12-15)26-4/h5-12H,13-14H2,1-4H3,(H,22,23). The second kappa shape index (κ2) is 9.07. The highest BCUT2D eigenvalue weighted by molar-refractivity contribution is 5.85. The van der Waals surface area contributed by atoms with Gasteiger partial charge in [-0.3, -0.25) is 9.59 Å². The molecule has 0 fully saturated rings. The van der Waals surface area contributed by atoms with Gasteiger partial charge in [-0.1, -0.05) is 36.4 Å². The molecule has 0 atom stereocenters. The quantitative estimate of drug-likeness (QED) is 0.723. The third-order valence-corrected chi connectivity index (χ3v) is 4.28. The van der Waals surface area contributed by atoms with Gasteiger partial charge in [0.2, 0.25) is 0 Å². The van der Waals surface area contributed by atoms with E-state index in [9.17, 15) is 9.59 Å². The first-order valence-electron chi connectivity index (χ1n) is 8.59. The Morgan fingerprint density at radius 1 is 0.963 bits per heavy atom. The summed E-state index contributed by atoms with van der Waals surface area (Å²) >= 11 is 0. The number of amides is 1. The van der Waals surface area contributed by atoms with E-state index in [1.807, 2.05) is 36.4 Å². The molecule has 2 rings (SSSR count). The molecule has 144 valence electrons. The van der Waals surface area contributed by atoms with Crippen molar-refractivity contribution in [3.8, 4) is 11.5 Å². The van der Waals surface area contributed by atoms with Crippen molar-refractivity contribution in [2.45, 2.75) is 25.8 Å². The minimum Gasteiger partial charge on any atom is -0.493 e. The van der Waals surface area contributed by atoms with Crippen molar-refractivity contribution in [3.63, 3.8) is 0 Å². The summed E-state index contributed by atoms with van der Waals surface area (Å²) in [5, 5.41) is 2.72. The van der Waals surface area contributed by atoms with E-state index in [-0.39, 0.29) is 12.5 Å². The Balaban J connectivity index is 1.87. The predicted molar refractivity (Wildman–Crippen MR) is 102 cm³/mol. The van der Waals surface area contributed by atoms with Crippen molar-refractivity contribution in [2.24, 2.45) is 0 Å². The van der Waals surface area contributed by atoms with Gasteiger partial charge >= 0.3 is 5.97 Å². The molecule has 0 heterocycles. The van der Waals surface area contributed by atoms with Crippen LogP contribution in [0.15, 0.2) is 48.5 Å². The molecule has 27 heavy (non-hydrogen) atoms. The highest BCUT2D eigenvalue weighted by Gasteiger charge is 2.31. The average Bonchev–Trinajstić information content (AvgIpc) is 2.70. The van der Waals surface area contributed by atoms with Gasteiger partial charge in [-0.25, -0.2) is 0 Å². The number of hydrogen-bond acceptors (Lipinski definition) is 5. The number of nitrogens with one attached hydrogen (secondary N) is 1. The smallest absolute Gasteiger partial charge is 0.316 e. The molecule has 0 spiro atoms. The third kappa shape index (κ3) is 5.23. The van der Waals surface area contributed by atoms with Gasteiger partial charge in [0.25, 0.3) is 5.91 Å². The summed E-state index contributed by atoms with van der Waals surface area (Å²) in [5.41, 5.74) is 0.850. The van der Waals surface area contributed by atoms with E-state index in [4.69, 9.17) is 14.2 Å². The Morgan fingerprint density at radius 2 is 1.63 bits per heavy atom. The van der Waals surface area contributed by atoms with Gasteiger partial charge in [0.1, 0.15) is 0 Å². The number of ether oxygens (including phenoxy) is 3. The Labute approximate surface area is 159 Å². The largest absolute Gasteiger partial charge is 0.493 e. The van der Waals surface area contributed by atoms with Crippen molar-refractivity contribution in [3.05, 3.63) is 59.7 Å². The van der Waals surface area contributed by atoms with Crippen LogP contribution in [0.4, 0.5) is 0 Å². The van der Waals surface area contributed by atoms with Crippen LogP contribution >= 0.6 is 0 Å². The SMILES string of the molecule is COc1ccc(CNC(=O)COC(=O)C(C)(C)c2ccccc2)cc1OC. The van der Waals surface area contributed by atoms with E-state index in [1.165, 1.54) is 0 Å². The first kappa shape index (κ1) is 20.3. The van der Waals surface area contributed by atoms with Crippen LogP contribution in [0.1, 0.15) is 25.0 Å². The second-order valence-corrected chi connectivity index (χ2v) is 6.53. The molecule has 0 saturated heterocycles. The van der Waals surface area contributed by atoms with Crippen molar-refractivity contribution >= 4 is 11.9 Å². The van der Waals surface area contributed by atoms with Gasteiger partial charge in [-0.2, -0.15) is 0 Å². The predicted octanol–water partition coefficient (Wildman–Crippen LogP) is 2.84. The zero-order valence-electron chi connectivity index (χ0n) is 16.1. The zero-order valence-corrected chi connectivity index (χ0v) is 16.1. The van der Waals surface area contributed by atoms with Crippen molar-refractivity contribution < 1.29 is 23.8 Å². The van der Waals surface area contributed by atoms with E-state index < -0.39 is 11.4 Å². The van der Waals surface area contributed by atoms with Crippen LogP contribution in [0.3, 0.4) is 0 Å².